The monoisotopic (exact) mass is 238 g/mol. The van der Waals surface area contributed by atoms with E-state index in [2.05, 4.69) is 18.0 Å². The number of ether oxygens (including phenoxy) is 1. The topological polar surface area (TPSA) is 48.1 Å². The zero-order valence-corrected chi connectivity index (χ0v) is 10.5. The summed E-state index contributed by atoms with van der Waals surface area (Å²) in [4.78, 5) is 5.56. The van der Waals surface area contributed by atoms with E-state index in [0.717, 1.165) is 18.7 Å². The van der Waals surface area contributed by atoms with Gasteiger partial charge in [0, 0.05) is 29.0 Å². The normalized spacial score (nSPS) is 26.9. The Morgan fingerprint density at radius 3 is 2.88 bits per heavy atom. The molecule has 16 heavy (non-hydrogen) atoms. The number of aromatic nitrogens is 1. The van der Waals surface area contributed by atoms with Gasteiger partial charge in [-0.2, -0.15) is 0 Å². The summed E-state index contributed by atoms with van der Waals surface area (Å²) in [5.74, 6) is 0. The van der Waals surface area contributed by atoms with E-state index < -0.39 is 0 Å². The van der Waals surface area contributed by atoms with Crippen LogP contribution in [0.15, 0.2) is 23.2 Å². The van der Waals surface area contributed by atoms with Gasteiger partial charge in [-0.1, -0.05) is 0 Å². The Bertz CT molecular complexity index is 339. The molecule has 2 heterocycles. The van der Waals surface area contributed by atoms with Gasteiger partial charge in [-0.3, -0.25) is 4.98 Å². The molecule has 1 aromatic heterocycles. The van der Waals surface area contributed by atoms with E-state index in [1.54, 1.807) is 0 Å². The van der Waals surface area contributed by atoms with Crippen molar-refractivity contribution >= 4 is 11.8 Å². The summed E-state index contributed by atoms with van der Waals surface area (Å²) >= 11 is 1.85. The largest absolute Gasteiger partial charge is 0.377 e. The van der Waals surface area contributed by atoms with Gasteiger partial charge in [0.25, 0.3) is 0 Å². The molecule has 1 fully saturated rings. The molecule has 3 nitrogen and oxygen atoms in total. The summed E-state index contributed by atoms with van der Waals surface area (Å²) in [6.07, 6.45) is 3.38. The summed E-state index contributed by atoms with van der Waals surface area (Å²) in [5, 5.41) is 0.558. The fourth-order valence-electron chi connectivity index (χ4n) is 1.77. The van der Waals surface area contributed by atoms with Crippen LogP contribution in [0.2, 0.25) is 0 Å². The summed E-state index contributed by atoms with van der Waals surface area (Å²) < 4.78 is 5.54. The molecule has 2 rings (SSSR count). The summed E-state index contributed by atoms with van der Waals surface area (Å²) in [6.45, 7) is 4.96. The minimum atomic E-state index is 0.00721. The molecule has 4 heteroatoms. The van der Waals surface area contributed by atoms with Gasteiger partial charge in [0.2, 0.25) is 0 Å². The van der Waals surface area contributed by atoms with Gasteiger partial charge in [0.05, 0.1) is 11.8 Å². The zero-order valence-electron chi connectivity index (χ0n) is 9.72. The first-order chi connectivity index (χ1) is 7.66. The number of nitrogens with zero attached hydrogens (tertiary/aromatic N) is 1. The summed E-state index contributed by atoms with van der Waals surface area (Å²) in [7, 11) is 0. The first-order valence-corrected chi connectivity index (χ1v) is 6.54. The highest BCUT2D eigenvalue weighted by Crippen LogP contribution is 2.32. The Morgan fingerprint density at radius 2 is 2.38 bits per heavy atom. The molecule has 0 saturated carbocycles. The van der Waals surface area contributed by atoms with Crippen molar-refractivity contribution in [3.63, 3.8) is 0 Å². The Labute approximate surface area is 101 Å². The fourth-order valence-corrected chi connectivity index (χ4v) is 2.87. The number of hydrogen-bond acceptors (Lipinski definition) is 4. The Hall–Kier alpha value is -0.580. The van der Waals surface area contributed by atoms with Crippen LogP contribution in [0.25, 0.3) is 0 Å². The highest BCUT2D eigenvalue weighted by Gasteiger charge is 2.25. The molecule has 0 amide bonds. The standard InChI is InChI=1S/C12H18N2OS/c1-8(13)11-4-3-10(7-14-11)16-12-5-6-15-9(12)2/h3-4,7-9,12H,5-6,13H2,1-2H3. The average Bonchev–Trinajstić information content (AvgIpc) is 2.65. The summed E-state index contributed by atoms with van der Waals surface area (Å²) in [5.41, 5.74) is 6.70. The third kappa shape index (κ3) is 2.75. The van der Waals surface area contributed by atoms with Crippen LogP contribution >= 0.6 is 11.8 Å². The number of nitrogens with two attached hydrogens (primary N) is 1. The maximum Gasteiger partial charge on any atom is 0.0669 e. The molecule has 1 aromatic rings. The predicted molar refractivity (Wildman–Crippen MR) is 66.5 cm³/mol. The lowest BCUT2D eigenvalue weighted by molar-refractivity contribution is 0.127. The van der Waals surface area contributed by atoms with Crippen LogP contribution in [0.3, 0.4) is 0 Å². The molecular formula is C12H18N2OS. The van der Waals surface area contributed by atoms with Crippen LogP contribution in [0, 0.1) is 0 Å². The van der Waals surface area contributed by atoms with Gasteiger partial charge in [-0.15, -0.1) is 11.8 Å². The third-order valence-corrected chi connectivity index (χ3v) is 4.26. The van der Waals surface area contributed by atoms with Crippen molar-refractivity contribution in [3.8, 4) is 0 Å². The Balaban J connectivity index is 1.99. The van der Waals surface area contributed by atoms with Gasteiger partial charge in [-0.05, 0) is 32.4 Å². The van der Waals surface area contributed by atoms with Crippen LogP contribution in [0.5, 0.6) is 0 Å². The molecule has 0 spiro atoms. The van der Waals surface area contributed by atoms with Crippen molar-refractivity contribution in [2.24, 2.45) is 5.73 Å². The molecule has 1 aliphatic heterocycles. The van der Waals surface area contributed by atoms with E-state index in [1.165, 1.54) is 4.90 Å². The fraction of sp³-hybridized carbons (Fsp3) is 0.583. The molecule has 1 aliphatic rings. The highest BCUT2D eigenvalue weighted by atomic mass is 32.2. The molecule has 3 atom stereocenters. The van der Waals surface area contributed by atoms with Gasteiger partial charge >= 0.3 is 0 Å². The molecule has 1 saturated heterocycles. The second-order valence-electron chi connectivity index (χ2n) is 4.23. The number of pyridine rings is 1. The first kappa shape index (κ1) is 11.9. The summed E-state index contributed by atoms with van der Waals surface area (Å²) in [6, 6.07) is 4.11. The molecule has 3 unspecified atom stereocenters. The van der Waals surface area contributed by atoms with E-state index in [0.29, 0.717) is 11.4 Å². The molecule has 88 valence electrons. The van der Waals surface area contributed by atoms with Gasteiger partial charge in [0.15, 0.2) is 0 Å². The van der Waals surface area contributed by atoms with Gasteiger partial charge in [-0.25, -0.2) is 0 Å². The lowest BCUT2D eigenvalue weighted by Crippen LogP contribution is -2.13. The van der Waals surface area contributed by atoms with Crippen molar-refractivity contribution in [2.75, 3.05) is 6.61 Å². The predicted octanol–water partition coefficient (Wildman–Crippen LogP) is 2.37. The molecular weight excluding hydrogens is 220 g/mol. The zero-order chi connectivity index (χ0) is 11.5. The van der Waals surface area contributed by atoms with Crippen LogP contribution in [0.4, 0.5) is 0 Å². The third-order valence-electron chi connectivity index (χ3n) is 2.82. The Kier molecular flexibility index (Phi) is 3.84. The molecule has 0 aliphatic carbocycles. The molecule has 2 N–H and O–H groups in total. The van der Waals surface area contributed by atoms with Crippen LogP contribution in [-0.4, -0.2) is 22.9 Å². The molecule has 0 aromatic carbocycles. The van der Waals surface area contributed by atoms with E-state index in [1.807, 2.05) is 30.9 Å². The second kappa shape index (κ2) is 5.17. The quantitative estimate of drug-likeness (QED) is 0.878. The van der Waals surface area contributed by atoms with Crippen LogP contribution in [-0.2, 0) is 4.74 Å². The SMILES string of the molecule is CC(N)c1ccc(SC2CCOC2C)cn1. The van der Waals surface area contributed by atoms with E-state index in [4.69, 9.17) is 10.5 Å². The highest BCUT2D eigenvalue weighted by molar-refractivity contribution is 8.00. The number of thioether (sulfide) groups is 1. The minimum Gasteiger partial charge on any atom is -0.377 e. The number of hydrogen-bond donors (Lipinski definition) is 1. The van der Waals surface area contributed by atoms with Crippen molar-refractivity contribution in [1.82, 2.24) is 4.98 Å². The van der Waals surface area contributed by atoms with Crippen molar-refractivity contribution < 1.29 is 4.74 Å². The second-order valence-corrected chi connectivity index (χ2v) is 5.54. The maximum absolute atomic E-state index is 5.76. The molecule has 0 bridgehead atoms. The number of rotatable bonds is 3. The first-order valence-electron chi connectivity index (χ1n) is 5.66. The van der Waals surface area contributed by atoms with Crippen molar-refractivity contribution in [3.05, 3.63) is 24.0 Å². The lowest BCUT2D eigenvalue weighted by atomic mass is 10.2. The van der Waals surface area contributed by atoms with Gasteiger partial charge < -0.3 is 10.5 Å². The molecule has 0 radical (unpaired) electrons. The van der Waals surface area contributed by atoms with E-state index in [9.17, 15) is 0 Å². The van der Waals surface area contributed by atoms with Gasteiger partial charge in [0.1, 0.15) is 0 Å². The minimum absolute atomic E-state index is 0.00721. The lowest BCUT2D eigenvalue weighted by Gasteiger charge is -2.13. The van der Waals surface area contributed by atoms with E-state index in [-0.39, 0.29) is 6.04 Å². The smallest absolute Gasteiger partial charge is 0.0669 e. The van der Waals surface area contributed by atoms with Crippen molar-refractivity contribution in [2.45, 2.75) is 42.6 Å². The van der Waals surface area contributed by atoms with Crippen molar-refractivity contribution in [1.29, 1.82) is 0 Å². The van der Waals surface area contributed by atoms with Crippen LogP contribution in [0.1, 0.15) is 32.0 Å². The van der Waals surface area contributed by atoms with E-state index >= 15 is 0 Å². The average molecular weight is 238 g/mol. The van der Waals surface area contributed by atoms with Crippen LogP contribution < -0.4 is 5.73 Å². The maximum atomic E-state index is 5.76. The Morgan fingerprint density at radius 1 is 1.56 bits per heavy atom.